The smallest absolute Gasteiger partial charge is 0.133 e. The molecule has 0 heterocycles. The van der Waals surface area contributed by atoms with E-state index in [1.54, 1.807) is 7.11 Å². The van der Waals surface area contributed by atoms with Crippen LogP contribution in [-0.4, -0.2) is 25.9 Å². The summed E-state index contributed by atoms with van der Waals surface area (Å²) in [4.78, 5) is 0. The number of hydrogen-bond donors (Lipinski definition) is 1. The molecule has 3 nitrogen and oxygen atoms in total. The van der Waals surface area contributed by atoms with Gasteiger partial charge in [-0.2, -0.15) is 0 Å². The number of methoxy groups -OCH3 is 1. The van der Waals surface area contributed by atoms with Crippen molar-refractivity contribution in [3.8, 4) is 5.75 Å². The third-order valence-electron chi connectivity index (χ3n) is 3.78. The number of nitrogens with one attached hydrogen (secondary N) is 1. The van der Waals surface area contributed by atoms with E-state index in [0.717, 1.165) is 42.6 Å². The van der Waals surface area contributed by atoms with Gasteiger partial charge in [0.2, 0.25) is 0 Å². The van der Waals surface area contributed by atoms with Crippen LogP contribution in [0.4, 0.5) is 0 Å². The number of hydrogen-bond acceptors (Lipinski definition) is 3. The summed E-state index contributed by atoms with van der Waals surface area (Å²) in [7, 11) is 1.79. The van der Waals surface area contributed by atoms with Gasteiger partial charge >= 0.3 is 0 Å². The van der Waals surface area contributed by atoms with Crippen LogP contribution in [0, 0.1) is 0 Å². The highest BCUT2D eigenvalue weighted by Gasteiger charge is 2.23. The van der Waals surface area contributed by atoms with Gasteiger partial charge in [0, 0.05) is 20.1 Å². The van der Waals surface area contributed by atoms with Crippen LogP contribution in [0.15, 0.2) is 22.7 Å². The molecule has 20 heavy (non-hydrogen) atoms. The van der Waals surface area contributed by atoms with E-state index >= 15 is 0 Å². The SMILES string of the molecule is CCNCc1ccc(OC2CCCC(OC)C2)c(Br)c1. The summed E-state index contributed by atoms with van der Waals surface area (Å²) in [5, 5.41) is 3.33. The molecule has 1 aromatic rings. The highest BCUT2D eigenvalue weighted by atomic mass is 79.9. The number of halogens is 1. The molecule has 0 aliphatic heterocycles. The van der Waals surface area contributed by atoms with Crippen LogP contribution in [0.1, 0.15) is 38.2 Å². The Balaban J connectivity index is 1.95. The first-order valence-electron chi connectivity index (χ1n) is 7.41. The van der Waals surface area contributed by atoms with Crippen LogP contribution in [0.2, 0.25) is 0 Å². The lowest BCUT2D eigenvalue weighted by Gasteiger charge is -2.29. The summed E-state index contributed by atoms with van der Waals surface area (Å²) in [6.07, 6.45) is 5.05. The van der Waals surface area contributed by atoms with Gasteiger partial charge in [-0.25, -0.2) is 0 Å². The third-order valence-corrected chi connectivity index (χ3v) is 4.40. The van der Waals surface area contributed by atoms with Gasteiger partial charge in [0.25, 0.3) is 0 Å². The third kappa shape index (κ3) is 4.47. The van der Waals surface area contributed by atoms with Gasteiger partial charge in [-0.3, -0.25) is 0 Å². The van der Waals surface area contributed by atoms with E-state index in [2.05, 4.69) is 46.4 Å². The minimum atomic E-state index is 0.268. The summed E-state index contributed by atoms with van der Waals surface area (Å²) in [6.45, 7) is 3.99. The molecule has 1 N–H and O–H groups in total. The summed E-state index contributed by atoms with van der Waals surface area (Å²) < 4.78 is 12.6. The average Bonchev–Trinajstić information content (AvgIpc) is 2.48. The molecule has 2 unspecified atom stereocenters. The Morgan fingerprint density at radius 2 is 2.10 bits per heavy atom. The lowest BCUT2D eigenvalue weighted by Crippen LogP contribution is -2.29. The molecule has 1 aromatic carbocycles. The zero-order valence-corrected chi connectivity index (χ0v) is 13.9. The van der Waals surface area contributed by atoms with Crippen molar-refractivity contribution in [3.05, 3.63) is 28.2 Å². The molecule has 0 aromatic heterocycles. The van der Waals surface area contributed by atoms with Crippen LogP contribution in [0.25, 0.3) is 0 Å². The van der Waals surface area contributed by atoms with Crippen LogP contribution in [0.5, 0.6) is 5.75 Å². The summed E-state index contributed by atoms with van der Waals surface area (Å²) in [6, 6.07) is 6.32. The molecule has 0 bridgehead atoms. The molecule has 1 fully saturated rings. The fourth-order valence-electron chi connectivity index (χ4n) is 2.62. The molecule has 1 aliphatic rings. The Kier molecular flexibility index (Phi) is 6.33. The Morgan fingerprint density at radius 1 is 1.30 bits per heavy atom. The molecule has 2 atom stereocenters. The van der Waals surface area contributed by atoms with E-state index in [-0.39, 0.29) is 6.10 Å². The first-order chi connectivity index (χ1) is 9.72. The van der Waals surface area contributed by atoms with Gasteiger partial charge < -0.3 is 14.8 Å². The lowest BCUT2D eigenvalue weighted by molar-refractivity contribution is 0.0207. The second-order valence-corrected chi connectivity index (χ2v) is 6.16. The van der Waals surface area contributed by atoms with Crippen molar-refractivity contribution < 1.29 is 9.47 Å². The number of rotatable bonds is 6. The largest absolute Gasteiger partial charge is 0.489 e. The maximum absolute atomic E-state index is 6.13. The molecule has 1 aliphatic carbocycles. The lowest BCUT2D eigenvalue weighted by atomic mass is 9.95. The fraction of sp³-hybridized carbons (Fsp3) is 0.625. The molecule has 0 amide bonds. The van der Waals surface area contributed by atoms with Gasteiger partial charge in [0.15, 0.2) is 0 Å². The van der Waals surface area contributed by atoms with Crippen LogP contribution in [-0.2, 0) is 11.3 Å². The first kappa shape index (κ1) is 15.8. The average molecular weight is 342 g/mol. The van der Waals surface area contributed by atoms with Crippen molar-refractivity contribution in [2.24, 2.45) is 0 Å². The predicted molar refractivity (Wildman–Crippen MR) is 85.2 cm³/mol. The van der Waals surface area contributed by atoms with Crippen molar-refractivity contribution in [1.82, 2.24) is 5.32 Å². The van der Waals surface area contributed by atoms with Crippen molar-refractivity contribution in [1.29, 1.82) is 0 Å². The van der Waals surface area contributed by atoms with E-state index in [0.29, 0.717) is 6.10 Å². The quantitative estimate of drug-likeness (QED) is 0.851. The van der Waals surface area contributed by atoms with E-state index in [9.17, 15) is 0 Å². The molecule has 2 rings (SSSR count). The van der Waals surface area contributed by atoms with Crippen molar-refractivity contribution in [3.63, 3.8) is 0 Å². The number of ether oxygens (including phenoxy) is 2. The van der Waals surface area contributed by atoms with Gasteiger partial charge in [-0.15, -0.1) is 0 Å². The predicted octanol–water partition coefficient (Wildman–Crippen LogP) is 3.90. The topological polar surface area (TPSA) is 30.5 Å². The molecular weight excluding hydrogens is 318 g/mol. The van der Waals surface area contributed by atoms with Crippen molar-refractivity contribution >= 4 is 15.9 Å². The minimum Gasteiger partial charge on any atom is -0.489 e. The Bertz CT molecular complexity index is 425. The van der Waals surface area contributed by atoms with E-state index in [4.69, 9.17) is 9.47 Å². The monoisotopic (exact) mass is 341 g/mol. The number of benzene rings is 1. The van der Waals surface area contributed by atoms with Crippen molar-refractivity contribution in [2.75, 3.05) is 13.7 Å². The van der Waals surface area contributed by atoms with Gasteiger partial charge in [-0.05, 0) is 59.4 Å². The highest BCUT2D eigenvalue weighted by molar-refractivity contribution is 9.10. The van der Waals surface area contributed by atoms with Crippen LogP contribution < -0.4 is 10.1 Å². The summed E-state index contributed by atoms with van der Waals surface area (Å²) in [5.41, 5.74) is 1.27. The van der Waals surface area contributed by atoms with Gasteiger partial charge in [0.05, 0.1) is 10.6 Å². The summed E-state index contributed by atoms with van der Waals surface area (Å²) in [5.74, 6) is 0.937. The molecule has 0 saturated heterocycles. The molecule has 112 valence electrons. The molecule has 0 radical (unpaired) electrons. The van der Waals surface area contributed by atoms with Gasteiger partial charge in [0.1, 0.15) is 11.9 Å². The zero-order valence-electron chi connectivity index (χ0n) is 12.3. The van der Waals surface area contributed by atoms with E-state index in [1.807, 2.05) is 0 Å². The molecule has 4 heteroatoms. The Labute approximate surface area is 130 Å². The van der Waals surface area contributed by atoms with Crippen LogP contribution in [0.3, 0.4) is 0 Å². The zero-order chi connectivity index (χ0) is 14.4. The minimum absolute atomic E-state index is 0.268. The molecular formula is C16H24BrNO2. The van der Waals surface area contributed by atoms with Crippen LogP contribution >= 0.6 is 15.9 Å². The van der Waals surface area contributed by atoms with E-state index < -0.39 is 0 Å². The summed E-state index contributed by atoms with van der Waals surface area (Å²) >= 11 is 3.61. The van der Waals surface area contributed by atoms with Crippen molar-refractivity contribution in [2.45, 2.75) is 51.4 Å². The Hall–Kier alpha value is -0.580. The first-order valence-corrected chi connectivity index (χ1v) is 8.20. The highest BCUT2D eigenvalue weighted by Crippen LogP contribution is 2.31. The standard InChI is InChI=1S/C16H24BrNO2/c1-3-18-11-12-7-8-16(15(17)9-12)20-14-6-4-5-13(10-14)19-2/h7-9,13-14,18H,3-6,10-11H2,1-2H3. The Morgan fingerprint density at radius 3 is 2.80 bits per heavy atom. The normalized spacial score (nSPS) is 22.8. The van der Waals surface area contributed by atoms with E-state index in [1.165, 1.54) is 12.0 Å². The maximum atomic E-state index is 6.13. The van der Waals surface area contributed by atoms with Gasteiger partial charge in [-0.1, -0.05) is 13.0 Å². The second kappa shape index (κ2) is 8.01. The maximum Gasteiger partial charge on any atom is 0.133 e. The molecule has 0 spiro atoms. The second-order valence-electron chi connectivity index (χ2n) is 5.31. The molecule has 1 saturated carbocycles. The fourth-order valence-corrected chi connectivity index (χ4v) is 3.14.